The van der Waals surface area contributed by atoms with E-state index in [1.807, 2.05) is 26.0 Å². The first kappa shape index (κ1) is 14.5. The second-order valence-corrected chi connectivity index (χ2v) is 4.76. The van der Waals surface area contributed by atoms with Gasteiger partial charge in [0.05, 0.1) is 6.61 Å². The second kappa shape index (κ2) is 7.60. The van der Waals surface area contributed by atoms with Crippen LogP contribution in [0.25, 0.3) is 0 Å². The van der Waals surface area contributed by atoms with Gasteiger partial charge >= 0.3 is 0 Å². The third-order valence-corrected chi connectivity index (χ3v) is 2.86. The van der Waals surface area contributed by atoms with E-state index in [4.69, 9.17) is 4.74 Å². The Hall–Kier alpha value is -1.94. The highest BCUT2D eigenvalue weighted by molar-refractivity contribution is 5.15. The summed E-state index contributed by atoms with van der Waals surface area (Å²) in [6.07, 6.45) is 0.953. The third kappa shape index (κ3) is 4.97. The molecule has 1 aromatic carbocycles. The van der Waals surface area contributed by atoms with Crippen LogP contribution in [-0.4, -0.2) is 23.1 Å². The molecule has 0 radical (unpaired) electrons. The van der Waals surface area contributed by atoms with E-state index in [2.05, 4.69) is 39.6 Å². The quantitative estimate of drug-likeness (QED) is 0.786. The first-order valence-electron chi connectivity index (χ1n) is 6.94. The van der Waals surface area contributed by atoms with Crippen LogP contribution in [0.3, 0.4) is 0 Å². The number of benzene rings is 1. The van der Waals surface area contributed by atoms with E-state index < -0.39 is 0 Å². The minimum atomic E-state index is 0.664. The predicted molar refractivity (Wildman–Crippen MR) is 79.8 cm³/mol. The van der Waals surface area contributed by atoms with Crippen molar-refractivity contribution in [3.63, 3.8) is 0 Å². The smallest absolute Gasteiger partial charge is 0.216 e. The molecule has 0 aliphatic carbocycles. The lowest BCUT2D eigenvalue weighted by Gasteiger charge is -2.07. The first-order chi connectivity index (χ1) is 9.74. The zero-order valence-electron chi connectivity index (χ0n) is 12.1. The molecule has 0 atom stereocenters. The summed E-state index contributed by atoms with van der Waals surface area (Å²) in [7, 11) is 0. The van der Waals surface area contributed by atoms with Gasteiger partial charge in [0.15, 0.2) is 0 Å². The molecule has 0 aliphatic rings. The Morgan fingerprint density at radius 2 is 1.90 bits per heavy atom. The Bertz CT molecular complexity index is 508. The molecule has 0 bridgehead atoms. The number of nitrogens with one attached hydrogen (secondary N) is 1. The molecule has 1 aromatic heterocycles. The van der Waals surface area contributed by atoms with E-state index in [-0.39, 0.29) is 0 Å². The van der Waals surface area contributed by atoms with Gasteiger partial charge in [0.25, 0.3) is 0 Å². The van der Waals surface area contributed by atoms with E-state index in [1.165, 1.54) is 5.56 Å². The fourth-order valence-electron chi connectivity index (χ4n) is 1.96. The molecule has 0 spiro atoms. The lowest BCUT2D eigenvalue weighted by molar-refractivity contribution is 0.295. The number of nitrogens with zero attached hydrogens (tertiary/aromatic N) is 2. The van der Waals surface area contributed by atoms with Gasteiger partial charge in [0.2, 0.25) is 5.88 Å². The van der Waals surface area contributed by atoms with Gasteiger partial charge in [0.1, 0.15) is 5.82 Å². The summed E-state index contributed by atoms with van der Waals surface area (Å²) < 4.78 is 5.63. The Labute approximate surface area is 120 Å². The van der Waals surface area contributed by atoms with Gasteiger partial charge in [-0.3, -0.25) is 0 Å². The van der Waals surface area contributed by atoms with Gasteiger partial charge < -0.3 is 10.1 Å². The maximum atomic E-state index is 5.63. The van der Waals surface area contributed by atoms with E-state index in [1.54, 1.807) is 0 Å². The molecule has 1 N–H and O–H groups in total. The Morgan fingerprint density at radius 3 is 2.65 bits per heavy atom. The molecule has 4 heteroatoms. The number of hydrogen-bond acceptors (Lipinski definition) is 4. The van der Waals surface area contributed by atoms with Gasteiger partial charge in [-0.2, -0.15) is 4.98 Å². The van der Waals surface area contributed by atoms with Crippen LogP contribution in [0.2, 0.25) is 0 Å². The van der Waals surface area contributed by atoms with Crippen molar-refractivity contribution in [2.75, 3.05) is 13.2 Å². The van der Waals surface area contributed by atoms with Crippen LogP contribution in [0.5, 0.6) is 5.88 Å². The summed E-state index contributed by atoms with van der Waals surface area (Å²) in [5, 5.41) is 3.40. The van der Waals surface area contributed by atoms with Crippen LogP contribution in [0.1, 0.15) is 23.5 Å². The van der Waals surface area contributed by atoms with E-state index in [9.17, 15) is 0 Å². The first-order valence-corrected chi connectivity index (χ1v) is 6.94. The Balaban J connectivity index is 1.62. The minimum Gasteiger partial charge on any atom is -0.478 e. The molecule has 20 heavy (non-hydrogen) atoms. The fourth-order valence-corrected chi connectivity index (χ4v) is 1.96. The highest BCUT2D eigenvalue weighted by Crippen LogP contribution is 2.08. The predicted octanol–water partition coefficient (Wildman–Crippen LogP) is 2.65. The lowest BCUT2D eigenvalue weighted by atomic mass is 10.2. The maximum absolute atomic E-state index is 5.63. The summed E-state index contributed by atoms with van der Waals surface area (Å²) in [6.45, 7) is 6.31. The van der Waals surface area contributed by atoms with Crippen molar-refractivity contribution in [1.82, 2.24) is 15.3 Å². The third-order valence-electron chi connectivity index (χ3n) is 2.86. The van der Waals surface area contributed by atoms with Crippen LogP contribution >= 0.6 is 0 Å². The average molecular weight is 271 g/mol. The van der Waals surface area contributed by atoms with Crippen molar-refractivity contribution >= 4 is 0 Å². The lowest BCUT2D eigenvalue weighted by Crippen LogP contribution is -2.17. The molecule has 1 heterocycles. The topological polar surface area (TPSA) is 47.0 Å². The highest BCUT2D eigenvalue weighted by Gasteiger charge is 1.99. The van der Waals surface area contributed by atoms with Crippen LogP contribution in [0.15, 0.2) is 36.4 Å². The van der Waals surface area contributed by atoms with E-state index in [0.717, 1.165) is 31.0 Å². The maximum Gasteiger partial charge on any atom is 0.216 e. The van der Waals surface area contributed by atoms with Gasteiger partial charge in [-0.15, -0.1) is 0 Å². The summed E-state index contributed by atoms with van der Waals surface area (Å²) in [5.74, 6) is 1.42. The average Bonchev–Trinajstić information content (AvgIpc) is 2.43. The molecule has 2 rings (SSSR count). The van der Waals surface area contributed by atoms with Crippen LogP contribution in [0, 0.1) is 13.8 Å². The van der Waals surface area contributed by atoms with Gasteiger partial charge in [0, 0.05) is 18.3 Å². The van der Waals surface area contributed by atoms with Crippen molar-refractivity contribution < 1.29 is 4.74 Å². The minimum absolute atomic E-state index is 0.664. The van der Waals surface area contributed by atoms with Crippen molar-refractivity contribution in [3.8, 4) is 5.88 Å². The number of hydrogen-bond donors (Lipinski definition) is 1. The van der Waals surface area contributed by atoms with Crippen molar-refractivity contribution in [2.24, 2.45) is 0 Å². The summed E-state index contributed by atoms with van der Waals surface area (Å²) in [5.41, 5.74) is 2.24. The fraction of sp³-hybridized carbons (Fsp3) is 0.375. The standard InChI is InChI=1S/C16H21N3O/c1-13-11-16(19-14(2)18-13)20-10-6-9-17-12-15-7-4-3-5-8-15/h3-5,7-8,11,17H,6,9-10,12H2,1-2H3. The largest absolute Gasteiger partial charge is 0.478 e. The molecule has 0 fully saturated rings. The highest BCUT2D eigenvalue weighted by atomic mass is 16.5. The zero-order chi connectivity index (χ0) is 14.2. The molecular formula is C16H21N3O. The van der Waals surface area contributed by atoms with Gasteiger partial charge in [-0.1, -0.05) is 30.3 Å². The number of ether oxygens (including phenoxy) is 1. The zero-order valence-corrected chi connectivity index (χ0v) is 12.1. The molecule has 0 amide bonds. The molecule has 4 nitrogen and oxygen atoms in total. The monoisotopic (exact) mass is 271 g/mol. The molecule has 0 unspecified atom stereocenters. The summed E-state index contributed by atoms with van der Waals surface area (Å²) in [4.78, 5) is 8.47. The summed E-state index contributed by atoms with van der Waals surface area (Å²) >= 11 is 0. The molecular weight excluding hydrogens is 250 g/mol. The van der Waals surface area contributed by atoms with Crippen molar-refractivity contribution in [3.05, 3.63) is 53.5 Å². The van der Waals surface area contributed by atoms with E-state index >= 15 is 0 Å². The van der Waals surface area contributed by atoms with Crippen molar-refractivity contribution in [1.29, 1.82) is 0 Å². The molecule has 106 valence electrons. The Morgan fingerprint density at radius 1 is 1.10 bits per heavy atom. The molecule has 0 saturated carbocycles. The van der Waals surface area contributed by atoms with Gasteiger partial charge in [-0.25, -0.2) is 4.98 Å². The van der Waals surface area contributed by atoms with Gasteiger partial charge in [-0.05, 0) is 32.4 Å². The summed E-state index contributed by atoms with van der Waals surface area (Å²) in [6, 6.07) is 12.2. The SMILES string of the molecule is Cc1cc(OCCCNCc2ccccc2)nc(C)n1. The van der Waals surface area contributed by atoms with Crippen LogP contribution in [-0.2, 0) is 6.54 Å². The second-order valence-electron chi connectivity index (χ2n) is 4.76. The van der Waals surface area contributed by atoms with Crippen LogP contribution < -0.4 is 10.1 Å². The molecule has 0 saturated heterocycles. The van der Waals surface area contributed by atoms with E-state index in [0.29, 0.717) is 12.5 Å². The normalized spacial score (nSPS) is 10.5. The number of aromatic nitrogens is 2. The molecule has 2 aromatic rings. The van der Waals surface area contributed by atoms with Crippen LogP contribution in [0.4, 0.5) is 0 Å². The Kier molecular flexibility index (Phi) is 5.50. The number of rotatable bonds is 7. The molecule has 0 aliphatic heterocycles. The number of aryl methyl sites for hydroxylation is 2. The van der Waals surface area contributed by atoms with Crippen molar-refractivity contribution in [2.45, 2.75) is 26.8 Å².